The van der Waals surface area contributed by atoms with Gasteiger partial charge < -0.3 is 5.73 Å². The number of sulfonamides is 1. The molecule has 0 heterocycles. The molecule has 2 aromatic carbocycles. The van der Waals surface area contributed by atoms with Crippen molar-refractivity contribution in [3.05, 3.63) is 50.7 Å². The van der Waals surface area contributed by atoms with Crippen LogP contribution in [0.25, 0.3) is 0 Å². The Labute approximate surface area is 139 Å². The maximum absolute atomic E-state index is 13.6. The number of hydrogen-bond acceptors (Lipinski definition) is 3. The van der Waals surface area contributed by atoms with Crippen LogP contribution in [0.15, 0.2) is 39.7 Å². The van der Waals surface area contributed by atoms with E-state index < -0.39 is 15.8 Å². The number of hydrogen-bond donors (Lipinski definition) is 2. The second kappa shape index (κ2) is 6.00. The van der Waals surface area contributed by atoms with Crippen LogP contribution in [-0.2, 0) is 10.0 Å². The van der Waals surface area contributed by atoms with Gasteiger partial charge in [-0.15, -0.1) is 0 Å². The molecule has 3 N–H and O–H groups in total. The Morgan fingerprint density at radius 2 is 1.81 bits per heavy atom. The van der Waals surface area contributed by atoms with Crippen molar-refractivity contribution < 1.29 is 12.8 Å². The van der Waals surface area contributed by atoms with Crippen LogP contribution in [0.3, 0.4) is 0 Å². The van der Waals surface area contributed by atoms with E-state index in [0.29, 0.717) is 0 Å². The molecule has 0 aliphatic carbocycles. The van der Waals surface area contributed by atoms with Gasteiger partial charge in [-0.3, -0.25) is 4.72 Å². The molecule has 0 fully saturated rings. The fourth-order valence-corrected chi connectivity index (χ4v) is 4.08. The second-order valence-electron chi connectivity index (χ2n) is 4.04. The van der Waals surface area contributed by atoms with Crippen molar-refractivity contribution in [3.8, 4) is 0 Å². The molecule has 0 radical (unpaired) electrons. The number of halogens is 4. The Hall–Kier alpha value is -1.02. The van der Waals surface area contributed by atoms with Crippen LogP contribution in [0.2, 0.25) is 10.0 Å². The summed E-state index contributed by atoms with van der Waals surface area (Å²) >= 11 is 14.6. The van der Waals surface area contributed by atoms with Crippen molar-refractivity contribution >= 4 is 60.5 Å². The largest absolute Gasteiger partial charge is 0.398 e. The van der Waals surface area contributed by atoms with Gasteiger partial charge in [-0.2, -0.15) is 0 Å². The van der Waals surface area contributed by atoms with Crippen LogP contribution in [0.4, 0.5) is 15.8 Å². The molecule has 0 bridgehead atoms. The van der Waals surface area contributed by atoms with Gasteiger partial charge in [0.1, 0.15) is 10.7 Å². The van der Waals surface area contributed by atoms with Crippen LogP contribution in [0, 0.1) is 5.82 Å². The van der Waals surface area contributed by atoms with Crippen LogP contribution in [0.1, 0.15) is 0 Å². The summed E-state index contributed by atoms with van der Waals surface area (Å²) in [6.45, 7) is 0. The van der Waals surface area contributed by atoms with Crippen LogP contribution in [0.5, 0.6) is 0 Å². The zero-order chi connectivity index (χ0) is 15.8. The van der Waals surface area contributed by atoms with Crippen molar-refractivity contribution in [3.63, 3.8) is 0 Å². The van der Waals surface area contributed by atoms with Gasteiger partial charge in [0.15, 0.2) is 0 Å². The van der Waals surface area contributed by atoms with E-state index in [-0.39, 0.29) is 30.8 Å². The van der Waals surface area contributed by atoms with E-state index in [4.69, 9.17) is 28.9 Å². The first-order valence-electron chi connectivity index (χ1n) is 5.43. The van der Waals surface area contributed by atoms with Gasteiger partial charge in [-0.25, -0.2) is 12.8 Å². The number of benzene rings is 2. The standard InChI is InChI=1S/C12H8BrCl2FN2O2S/c13-12-9(17)3-7(15)5-11(12)21(19,20)18-10-4-6(14)1-2-8(10)16/h1-5,18H,17H2. The Balaban J connectivity index is 2.51. The molecule has 21 heavy (non-hydrogen) atoms. The summed E-state index contributed by atoms with van der Waals surface area (Å²) in [6, 6.07) is 6.12. The molecule has 0 aromatic heterocycles. The van der Waals surface area contributed by atoms with Crippen molar-refractivity contribution in [2.24, 2.45) is 0 Å². The van der Waals surface area contributed by atoms with Gasteiger partial charge >= 0.3 is 0 Å². The summed E-state index contributed by atoms with van der Waals surface area (Å²) in [5, 5.41) is 0.335. The molecular weight excluding hydrogens is 406 g/mol. The number of anilines is 2. The molecule has 9 heteroatoms. The quantitative estimate of drug-likeness (QED) is 0.737. The predicted octanol–water partition coefficient (Wildman–Crippen LogP) is 4.28. The van der Waals surface area contributed by atoms with Crippen molar-refractivity contribution in [2.45, 2.75) is 4.90 Å². The highest BCUT2D eigenvalue weighted by Gasteiger charge is 2.21. The van der Waals surface area contributed by atoms with Crippen LogP contribution in [-0.4, -0.2) is 8.42 Å². The monoisotopic (exact) mass is 412 g/mol. The molecule has 0 atom stereocenters. The maximum atomic E-state index is 13.6. The van der Waals surface area contributed by atoms with E-state index in [1.54, 1.807) is 0 Å². The lowest BCUT2D eigenvalue weighted by Gasteiger charge is -2.12. The Morgan fingerprint density at radius 1 is 1.14 bits per heavy atom. The average Bonchev–Trinajstić information content (AvgIpc) is 2.37. The van der Waals surface area contributed by atoms with E-state index in [2.05, 4.69) is 20.7 Å². The third kappa shape index (κ3) is 3.60. The molecule has 0 unspecified atom stereocenters. The number of nitrogens with two attached hydrogens (primary N) is 1. The molecular formula is C12H8BrCl2FN2O2S. The normalized spacial score (nSPS) is 11.4. The summed E-state index contributed by atoms with van der Waals surface area (Å²) < 4.78 is 40.5. The number of nitrogens with one attached hydrogen (secondary N) is 1. The van der Waals surface area contributed by atoms with E-state index in [1.165, 1.54) is 18.2 Å². The van der Waals surface area contributed by atoms with Crippen molar-refractivity contribution in [2.75, 3.05) is 10.5 Å². The summed E-state index contributed by atoms with van der Waals surface area (Å²) in [5.41, 5.74) is 5.52. The molecule has 0 saturated carbocycles. The Bertz CT molecular complexity index is 815. The summed E-state index contributed by atoms with van der Waals surface area (Å²) in [6.07, 6.45) is 0. The lowest BCUT2D eigenvalue weighted by Crippen LogP contribution is -2.15. The molecule has 2 aromatic rings. The lowest BCUT2D eigenvalue weighted by molar-refractivity contribution is 0.598. The summed E-state index contributed by atoms with van der Waals surface area (Å²) in [7, 11) is -4.09. The van der Waals surface area contributed by atoms with Crippen LogP contribution >= 0.6 is 39.1 Å². The third-order valence-corrected chi connectivity index (χ3v) is 5.48. The first-order valence-corrected chi connectivity index (χ1v) is 8.46. The highest BCUT2D eigenvalue weighted by atomic mass is 79.9. The van der Waals surface area contributed by atoms with E-state index >= 15 is 0 Å². The minimum absolute atomic E-state index is 0.141. The highest BCUT2D eigenvalue weighted by molar-refractivity contribution is 9.10. The average molecular weight is 414 g/mol. The number of nitrogen functional groups attached to an aromatic ring is 1. The third-order valence-electron chi connectivity index (χ3n) is 2.49. The lowest BCUT2D eigenvalue weighted by atomic mass is 10.3. The molecule has 0 spiro atoms. The summed E-state index contributed by atoms with van der Waals surface area (Å²) in [5.74, 6) is -0.755. The first kappa shape index (κ1) is 16.4. The van der Waals surface area contributed by atoms with Crippen molar-refractivity contribution in [1.82, 2.24) is 0 Å². The molecule has 0 aliphatic rings. The number of rotatable bonds is 3. The summed E-state index contributed by atoms with van der Waals surface area (Å²) in [4.78, 5) is -0.202. The van der Waals surface area contributed by atoms with Crippen molar-refractivity contribution in [1.29, 1.82) is 0 Å². The molecule has 112 valence electrons. The molecule has 2 rings (SSSR count). The first-order chi connectivity index (χ1) is 9.70. The second-order valence-corrected chi connectivity index (χ2v) is 7.35. The Kier molecular flexibility index (Phi) is 4.67. The minimum atomic E-state index is -4.09. The molecule has 4 nitrogen and oxygen atoms in total. The Morgan fingerprint density at radius 3 is 2.48 bits per heavy atom. The molecule has 0 aliphatic heterocycles. The maximum Gasteiger partial charge on any atom is 0.263 e. The zero-order valence-electron chi connectivity index (χ0n) is 10.2. The molecule has 0 amide bonds. The minimum Gasteiger partial charge on any atom is -0.398 e. The topological polar surface area (TPSA) is 72.2 Å². The fourth-order valence-electron chi connectivity index (χ4n) is 1.56. The van der Waals surface area contributed by atoms with E-state index in [9.17, 15) is 12.8 Å². The van der Waals surface area contributed by atoms with Gasteiger partial charge in [-0.05, 0) is 46.3 Å². The highest BCUT2D eigenvalue weighted by Crippen LogP contribution is 2.33. The molecule has 0 saturated heterocycles. The smallest absolute Gasteiger partial charge is 0.263 e. The van der Waals surface area contributed by atoms with Crippen LogP contribution < -0.4 is 10.5 Å². The van der Waals surface area contributed by atoms with Gasteiger partial charge in [0.05, 0.1) is 10.2 Å². The van der Waals surface area contributed by atoms with Gasteiger partial charge in [0, 0.05) is 15.7 Å². The van der Waals surface area contributed by atoms with E-state index in [1.807, 2.05) is 0 Å². The predicted molar refractivity (Wildman–Crippen MR) is 85.8 cm³/mol. The zero-order valence-corrected chi connectivity index (χ0v) is 14.1. The van der Waals surface area contributed by atoms with Gasteiger partial charge in [-0.1, -0.05) is 23.2 Å². The van der Waals surface area contributed by atoms with Gasteiger partial charge in [0.2, 0.25) is 0 Å². The van der Waals surface area contributed by atoms with Gasteiger partial charge in [0.25, 0.3) is 10.0 Å². The SMILES string of the molecule is Nc1cc(Cl)cc(S(=O)(=O)Nc2cc(Cl)ccc2F)c1Br. The van der Waals surface area contributed by atoms with E-state index in [0.717, 1.165) is 12.1 Å². The fraction of sp³-hybridized carbons (Fsp3) is 0.